The van der Waals surface area contributed by atoms with E-state index in [-0.39, 0.29) is 17.3 Å². The number of carbonyl (C=O) groups is 2. The van der Waals surface area contributed by atoms with E-state index in [1.807, 2.05) is 70.2 Å². The molecule has 0 fully saturated rings. The molecule has 8 heteroatoms. The van der Waals surface area contributed by atoms with Gasteiger partial charge in [-0.3, -0.25) is 13.9 Å². The number of carbonyl (C=O) groups excluding carboxylic acids is 2. The SMILES string of the molecule is CCCCNC(=O)[C@H](CC)N(Cc1ccccc1)C(=O)CN(c1ccccc1CC)S(=O)(=O)c1ccc(C)cc1. The summed E-state index contributed by atoms with van der Waals surface area (Å²) in [6.07, 6.45) is 2.76. The molecule has 7 nitrogen and oxygen atoms in total. The lowest BCUT2D eigenvalue weighted by atomic mass is 10.1. The van der Waals surface area contributed by atoms with Gasteiger partial charge >= 0.3 is 0 Å². The molecule has 1 N–H and O–H groups in total. The van der Waals surface area contributed by atoms with Crippen LogP contribution >= 0.6 is 0 Å². The van der Waals surface area contributed by atoms with Crippen LogP contribution in [-0.4, -0.2) is 44.3 Å². The molecule has 2 amide bonds. The van der Waals surface area contributed by atoms with E-state index in [0.717, 1.165) is 29.5 Å². The van der Waals surface area contributed by atoms with E-state index < -0.39 is 28.5 Å². The fraction of sp³-hybridized carbons (Fsp3) is 0.375. The van der Waals surface area contributed by atoms with Crippen molar-refractivity contribution in [1.29, 1.82) is 0 Å². The Hall–Kier alpha value is -3.65. The molecule has 0 aliphatic rings. The lowest BCUT2D eigenvalue weighted by molar-refractivity contribution is -0.140. The van der Waals surface area contributed by atoms with Gasteiger partial charge in [-0.25, -0.2) is 8.42 Å². The molecular weight excluding hydrogens is 522 g/mol. The van der Waals surface area contributed by atoms with E-state index in [4.69, 9.17) is 0 Å². The molecule has 0 radical (unpaired) electrons. The van der Waals surface area contributed by atoms with Crippen molar-refractivity contribution in [2.45, 2.75) is 70.9 Å². The third kappa shape index (κ3) is 7.72. The summed E-state index contributed by atoms with van der Waals surface area (Å²) in [5.74, 6) is -0.676. The zero-order chi connectivity index (χ0) is 29.1. The van der Waals surface area contributed by atoms with Crippen molar-refractivity contribution in [3.05, 3.63) is 95.6 Å². The smallest absolute Gasteiger partial charge is 0.264 e. The van der Waals surface area contributed by atoms with E-state index in [1.54, 1.807) is 36.4 Å². The summed E-state index contributed by atoms with van der Waals surface area (Å²) in [5, 5.41) is 2.96. The molecular formula is C32H41N3O4S. The average Bonchev–Trinajstić information content (AvgIpc) is 2.96. The van der Waals surface area contributed by atoms with Gasteiger partial charge in [0.2, 0.25) is 11.8 Å². The number of amides is 2. The topological polar surface area (TPSA) is 86.8 Å². The molecule has 0 aliphatic carbocycles. The highest BCUT2D eigenvalue weighted by Gasteiger charge is 2.34. The lowest BCUT2D eigenvalue weighted by Gasteiger charge is -2.33. The minimum Gasteiger partial charge on any atom is -0.354 e. The molecule has 0 bridgehead atoms. The highest BCUT2D eigenvalue weighted by Crippen LogP contribution is 2.28. The number of hydrogen-bond acceptors (Lipinski definition) is 4. The maximum atomic E-state index is 14.1. The van der Waals surface area contributed by atoms with Crippen molar-refractivity contribution < 1.29 is 18.0 Å². The molecule has 0 aromatic heterocycles. The second-order valence-electron chi connectivity index (χ2n) is 9.88. The highest BCUT2D eigenvalue weighted by molar-refractivity contribution is 7.92. The second-order valence-corrected chi connectivity index (χ2v) is 11.7. The second kappa shape index (κ2) is 14.7. The molecule has 0 saturated heterocycles. The first kappa shape index (κ1) is 30.9. The number of para-hydroxylation sites is 1. The molecule has 3 aromatic carbocycles. The van der Waals surface area contributed by atoms with Gasteiger partial charge in [-0.2, -0.15) is 0 Å². The molecule has 40 heavy (non-hydrogen) atoms. The van der Waals surface area contributed by atoms with Crippen LogP contribution in [0.3, 0.4) is 0 Å². The lowest BCUT2D eigenvalue weighted by Crippen LogP contribution is -2.52. The van der Waals surface area contributed by atoms with E-state index in [9.17, 15) is 18.0 Å². The van der Waals surface area contributed by atoms with Crippen molar-refractivity contribution in [2.75, 3.05) is 17.4 Å². The van der Waals surface area contributed by atoms with Crippen molar-refractivity contribution >= 4 is 27.5 Å². The van der Waals surface area contributed by atoms with Crippen molar-refractivity contribution in [3.63, 3.8) is 0 Å². The van der Waals surface area contributed by atoms with Crippen LogP contribution < -0.4 is 9.62 Å². The number of sulfonamides is 1. The van der Waals surface area contributed by atoms with Crippen LogP contribution in [0.4, 0.5) is 5.69 Å². The Morgan fingerprint density at radius 2 is 1.52 bits per heavy atom. The van der Waals surface area contributed by atoms with Crippen molar-refractivity contribution in [1.82, 2.24) is 10.2 Å². The van der Waals surface area contributed by atoms with Gasteiger partial charge in [0.15, 0.2) is 0 Å². The van der Waals surface area contributed by atoms with Crippen LogP contribution in [0.25, 0.3) is 0 Å². The normalized spacial score (nSPS) is 12.0. The minimum atomic E-state index is -4.09. The summed E-state index contributed by atoms with van der Waals surface area (Å²) >= 11 is 0. The largest absolute Gasteiger partial charge is 0.354 e. The monoisotopic (exact) mass is 563 g/mol. The fourth-order valence-corrected chi connectivity index (χ4v) is 6.06. The van der Waals surface area contributed by atoms with Crippen LogP contribution in [0.1, 0.15) is 56.7 Å². The Balaban J connectivity index is 2.05. The first-order valence-corrected chi connectivity index (χ1v) is 15.4. The molecule has 3 rings (SSSR count). The average molecular weight is 564 g/mol. The van der Waals surface area contributed by atoms with Gasteiger partial charge < -0.3 is 10.2 Å². The predicted molar refractivity (Wildman–Crippen MR) is 161 cm³/mol. The number of aryl methyl sites for hydroxylation is 2. The van der Waals surface area contributed by atoms with Crippen LogP contribution in [0.15, 0.2) is 83.8 Å². The maximum absolute atomic E-state index is 14.1. The number of nitrogens with one attached hydrogen (secondary N) is 1. The van der Waals surface area contributed by atoms with Crippen molar-refractivity contribution in [2.24, 2.45) is 0 Å². The molecule has 3 aromatic rings. The fourth-order valence-electron chi connectivity index (χ4n) is 4.61. The first-order valence-electron chi connectivity index (χ1n) is 14.0. The van der Waals surface area contributed by atoms with Crippen LogP contribution in [0, 0.1) is 6.92 Å². The molecule has 0 unspecified atom stereocenters. The minimum absolute atomic E-state index is 0.107. The summed E-state index contributed by atoms with van der Waals surface area (Å²) in [7, 11) is -4.09. The Morgan fingerprint density at radius 1 is 0.875 bits per heavy atom. The Bertz CT molecular complexity index is 1360. The summed E-state index contributed by atoms with van der Waals surface area (Å²) in [6, 6.07) is 22.6. The van der Waals surface area contributed by atoms with Gasteiger partial charge in [-0.05, 0) is 55.5 Å². The molecule has 0 saturated carbocycles. The number of benzene rings is 3. The Kier molecular flexibility index (Phi) is 11.3. The maximum Gasteiger partial charge on any atom is 0.264 e. The standard InChI is InChI=1S/C32H41N3O4S/c1-5-8-22-33-32(37)29(7-3)34(23-26-14-10-9-11-15-26)31(36)24-35(30-17-13-12-16-27(30)6-2)40(38,39)28-20-18-25(4)19-21-28/h9-21,29H,5-8,22-24H2,1-4H3,(H,33,37)/t29-/m0/s1. The van der Waals surface area contributed by atoms with Crippen LogP contribution in [0.5, 0.6) is 0 Å². The van der Waals surface area contributed by atoms with Gasteiger partial charge in [0, 0.05) is 13.1 Å². The first-order chi connectivity index (χ1) is 19.2. The quantitative estimate of drug-likeness (QED) is 0.263. The highest BCUT2D eigenvalue weighted by atomic mass is 32.2. The van der Waals surface area contributed by atoms with Gasteiger partial charge in [0.1, 0.15) is 12.6 Å². The zero-order valence-electron chi connectivity index (χ0n) is 24.0. The zero-order valence-corrected chi connectivity index (χ0v) is 24.8. The molecule has 1 atom stereocenters. The number of unbranched alkanes of at least 4 members (excludes halogenated alkanes) is 1. The number of nitrogens with zero attached hydrogens (tertiary/aromatic N) is 2. The van der Waals surface area contributed by atoms with Crippen molar-refractivity contribution in [3.8, 4) is 0 Å². The molecule has 214 valence electrons. The molecule has 0 aliphatic heterocycles. The third-order valence-electron chi connectivity index (χ3n) is 6.94. The Labute approximate surface area is 239 Å². The van der Waals surface area contributed by atoms with E-state index in [1.165, 1.54) is 9.21 Å². The van der Waals surface area contributed by atoms with Gasteiger partial charge in [0.05, 0.1) is 10.6 Å². The molecule has 0 heterocycles. The number of anilines is 1. The number of rotatable bonds is 14. The summed E-state index contributed by atoms with van der Waals surface area (Å²) in [5.41, 5.74) is 3.06. The Morgan fingerprint density at radius 3 is 2.15 bits per heavy atom. The third-order valence-corrected chi connectivity index (χ3v) is 8.71. The van der Waals surface area contributed by atoms with Gasteiger partial charge in [-0.1, -0.05) is 93.4 Å². The summed E-state index contributed by atoms with van der Waals surface area (Å²) in [6.45, 7) is 8.03. The van der Waals surface area contributed by atoms with E-state index >= 15 is 0 Å². The van der Waals surface area contributed by atoms with Crippen LogP contribution in [0.2, 0.25) is 0 Å². The predicted octanol–water partition coefficient (Wildman–Crippen LogP) is 5.48. The van der Waals surface area contributed by atoms with E-state index in [0.29, 0.717) is 25.1 Å². The van der Waals surface area contributed by atoms with Crippen LogP contribution in [-0.2, 0) is 32.6 Å². The van der Waals surface area contributed by atoms with E-state index in [2.05, 4.69) is 5.32 Å². The van der Waals surface area contributed by atoms with Gasteiger partial charge in [0.25, 0.3) is 10.0 Å². The van der Waals surface area contributed by atoms with Gasteiger partial charge in [-0.15, -0.1) is 0 Å². The summed E-state index contributed by atoms with van der Waals surface area (Å²) in [4.78, 5) is 29.0. The summed E-state index contributed by atoms with van der Waals surface area (Å²) < 4.78 is 29.3. The molecule has 0 spiro atoms. The number of hydrogen-bond donors (Lipinski definition) is 1.